The van der Waals surface area contributed by atoms with Crippen LogP contribution in [0.25, 0.3) is 0 Å². The molecule has 0 aliphatic heterocycles. The number of halogens is 2. The third kappa shape index (κ3) is 4.14. The largest absolute Gasteiger partial charge is 0.305 e. The Balaban J connectivity index is 1.70. The zero-order valence-electron chi connectivity index (χ0n) is 13.1. The molecule has 9 heteroatoms. The van der Waals surface area contributed by atoms with Crippen LogP contribution in [-0.4, -0.2) is 26.8 Å². The van der Waals surface area contributed by atoms with Crippen LogP contribution in [-0.2, 0) is 0 Å². The Hall–Kier alpha value is -3.03. The number of aromatic nitrogens is 3. The van der Waals surface area contributed by atoms with Crippen LogP contribution in [0.3, 0.4) is 0 Å². The van der Waals surface area contributed by atoms with Crippen LogP contribution in [0.1, 0.15) is 20.8 Å². The highest BCUT2D eigenvalue weighted by Gasteiger charge is 2.13. The van der Waals surface area contributed by atoms with Crippen molar-refractivity contribution in [2.24, 2.45) is 0 Å². The first kappa shape index (κ1) is 17.8. The minimum Gasteiger partial charge on any atom is -0.305 e. The van der Waals surface area contributed by atoms with Crippen molar-refractivity contribution in [1.82, 2.24) is 15.0 Å². The normalized spacial score (nSPS) is 10.2. The number of nitrogens with one attached hydrogen (secondary N) is 2. The van der Waals surface area contributed by atoms with Crippen LogP contribution in [0.4, 0.5) is 11.6 Å². The van der Waals surface area contributed by atoms with Gasteiger partial charge in [0.05, 0.1) is 15.6 Å². The van der Waals surface area contributed by atoms with Crippen LogP contribution in [0.5, 0.6) is 0 Å². The molecule has 0 spiro atoms. The molecule has 0 atom stereocenters. The van der Waals surface area contributed by atoms with Crippen molar-refractivity contribution in [3.8, 4) is 0 Å². The summed E-state index contributed by atoms with van der Waals surface area (Å²) in [5.74, 6) is -0.471. The summed E-state index contributed by atoms with van der Waals surface area (Å²) in [5.41, 5.74) is 0.360. The number of hydrogen-bond acceptors (Lipinski definition) is 5. The molecule has 0 aliphatic rings. The lowest BCUT2D eigenvalue weighted by Gasteiger charge is -2.07. The fourth-order valence-corrected chi connectivity index (χ4v) is 2.31. The van der Waals surface area contributed by atoms with Crippen LogP contribution in [0, 0.1) is 0 Å². The lowest BCUT2D eigenvalue weighted by molar-refractivity contribution is 0.101. The maximum Gasteiger partial charge on any atom is 0.275 e. The number of pyridine rings is 3. The molecule has 2 N–H and O–H groups in total. The standard InChI is InChI=1S/C17H11Cl2N5O2/c18-11-3-1-7-20-14(11)23-16(25)10-5-6-13(22-9-10)17(26)24-15-12(19)4-2-8-21-15/h1-9H,(H,20,23,25)(H,21,24,26). The van der Waals surface area contributed by atoms with Crippen LogP contribution < -0.4 is 10.6 Å². The lowest BCUT2D eigenvalue weighted by atomic mass is 10.2. The molecule has 0 radical (unpaired) electrons. The average molecular weight is 388 g/mol. The van der Waals surface area contributed by atoms with Crippen LogP contribution in [0.15, 0.2) is 55.0 Å². The number of hydrogen-bond donors (Lipinski definition) is 2. The Morgan fingerprint density at radius 3 is 1.85 bits per heavy atom. The van der Waals surface area contributed by atoms with Crippen molar-refractivity contribution < 1.29 is 9.59 Å². The smallest absolute Gasteiger partial charge is 0.275 e. The number of rotatable bonds is 4. The zero-order valence-corrected chi connectivity index (χ0v) is 14.6. The fraction of sp³-hybridized carbons (Fsp3) is 0. The lowest BCUT2D eigenvalue weighted by Crippen LogP contribution is -2.17. The molecule has 3 aromatic rings. The Bertz CT molecular complexity index is 885. The van der Waals surface area contributed by atoms with Gasteiger partial charge in [0.1, 0.15) is 5.69 Å². The molecule has 26 heavy (non-hydrogen) atoms. The maximum atomic E-state index is 12.2. The van der Waals surface area contributed by atoms with Gasteiger partial charge in [0.2, 0.25) is 0 Å². The zero-order chi connectivity index (χ0) is 18.5. The Labute approximate surface area is 158 Å². The minimum atomic E-state index is -0.495. The van der Waals surface area contributed by atoms with Crippen molar-refractivity contribution in [2.45, 2.75) is 0 Å². The number of carbonyl (C=O) groups is 2. The first-order chi connectivity index (χ1) is 12.5. The molecule has 130 valence electrons. The first-order valence-electron chi connectivity index (χ1n) is 7.34. The van der Waals surface area contributed by atoms with Gasteiger partial charge in [0.15, 0.2) is 11.6 Å². The molecule has 7 nitrogen and oxygen atoms in total. The first-order valence-corrected chi connectivity index (χ1v) is 8.10. The quantitative estimate of drug-likeness (QED) is 0.711. The molecule has 0 unspecified atom stereocenters. The number of amides is 2. The number of nitrogens with zero attached hydrogens (tertiary/aromatic N) is 3. The van der Waals surface area contributed by atoms with Crippen molar-refractivity contribution in [3.05, 3.63) is 76.3 Å². The molecular formula is C17H11Cl2N5O2. The SMILES string of the molecule is O=C(Nc1ncccc1Cl)c1ccc(C(=O)Nc2ncccc2Cl)nc1. The van der Waals surface area contributed by atoms with E-state index in [1.807, 2.05) is 0 Å². The molecular weight excluding hydrogens is 377 g/mol. The molecule has 3 heterocycles. The van der Waals surface area contributed by atoms with E-state index in [9.17, 15) is 9.59 Å². The van der Waals surface area contributed by atoms with Gasteiger partial charge in [-0.2, -0.15) is 0 Å². The topological polar surface area (TPSA) is 96.9 Å². The van der Waals surface area contributed by atoms with Gasteiger partial charge in [-0.15, -0.1) is 0 Å². The van der Waals surface area contributed by atoms with E-state index in [1.54, 1.807) is 24.3 Å². The van der Waals surface area contributed by atoms with E-state index in [4.69, 9.17) is 23.2 Å². The summed E-state index contributed by atoms with van der Waals surface area (Å²) >= 11 is 11.9. The molecule has 0 bridgehead atoms. The van der Waals surface area contributed by atoms with Gasteiger partial charge in [-0.1, -0.05) is 23.2 Å². The van der Waals surface area contributed by atoms with Gasteiger partial charge >= 0.3 is 0 Å². The van der Waals surface area contributed by atoms with Gasteiger partial charge in [-0.3, -0.25) is 14.6 Å². The molecule has 0 aliphatic carbocycles. The van der Waals surface area contributed by atoms with Gasteiger partial charge in [0, 0.05) is 18.6 Å². The maximum absolute atomic E-state index is 12.2. The molecule has 0 saturated carbocycles. The predicted molar refractivity (Wildman–Crippen MR) is 98.6 cm³/mol. The van der Waals surface area contributed by atoms with Crippen molar-refractivity contribution >= 4 is 46.7 Å². The highest BCUT2D eigenvalue weighted by atomic mass is 35.5. The van der Waals surface area contributed by atoms with Gasteiger partial charge in [-0.25, -0.2) is 9.97 Å². The average Bonchev–Trinajstić information content (AvgIpc) is 2.65. The predicted octanol–water partition coefficient (Wildman–Crippen LogP) is 3.68. The second-order valence-electron chi connectivity index (χ2n) is 5.01. The van der Waals surface area contributed by atoms with Crippen LogP contribution in [0.2, 0.25) is 10.0 Å². The number of anilines is 2. The molecule has 3 aromatic heterocycles. The van der Waals surface area contributed by atoms with Gasteiger partial charge in [0.25, 0.3) is 11.8 Å². The van der Waals surface area contributed by atoms with Crippen molar-refractivity contribution in [1.29, 1.82) is 0 Å². The molecule has 0 saturated heterocycles. The summed E-state index contributed by atoms with van der Waals surface area (Å²) in [6, 6.07) is 9.40. The molecule has 2 amide bonds. The summed E-state index contributed by atoms with van der Waals surface area (Å²) in [5, 5.41) is 5.75. The van der Waals surface area contributed by atoms with Gasteiger partial charge < -0.3 is 10.6 Å². The summed E-state index contributed by atoms with van der Waals surface area (Å²) in [6.07, 6.45) is 4.29. The second-order valence-corrected chi connectivity index (χ2v) is 5.82. The number of carbonyl (C=O) groups excluding carboxylic acids is 2. The van der Waals surface area contributed by atoms with E-state index < -0.39 is 11.8 Å². The Morgan fingerprint density at radius 1 is 0.769 bits per heavy atom. The Kier molecular flexibility index (Phi) is 5.40. The van der Waals surface area contributed by atoms with Crippen molar-refractivity contribution in [2.75, 3.05) is 10.6 Å². The monoisotopic (exact) mass is 387 g/mol. The molecule has 0 fully saturated rings. The third-order valence-electron chi connectivity index (χ3n) is 3.24. The summed E-state index contributed by atoms with van der Waals surface area (Å²) in [7, 11) is 0. The van der Waals surface area contributed by atoms with E-state index in [-0.39, 0.29) is 22.9 Å². The Morgan fingerprint density at radius 2 is 1.35 bits per heavy atom. The third-order valence-corrected chi connectivity index (χ3v) is 3.85. The summed E-state index contributed by atoms with van der Waals surface area (Å²) in [4.78, 5) is 36.3. The summed E-state index contributed by atoms with van der Waals surface area (Å²) in [6.45, 7) is 0. The van der Waals surface area contributed by atoms with Crippen LogP contribution >= 0.6 is 23.2 Å². The van der Waals surface area contributed by atoms with Gasteiger partial charge in [-0.05, 0) is 36.4 Å². The van der Waals surface area contributed by atoms with E-state index in [0.29, 0.717) is 10.0 Å². The second kappa shape index (κ2) is 7.90. The van der Waals surface area contributed by atoms with E-state index in [0.717, 1.165) is 0 Å². The minimum absolute atomic E-state index is 0.110. The molecule has 3 rings (SSSR count). The summed E-state index contributed by atoms with van der Waals surface area (Å²) < 4.78 is 0. The van der Waals surface area contributed by atoms with E-state index in [1.165, 1.54) is 30.7 Å². The van der Waals surface area contributed by atoms with Crippen molar-refractivity contribution in [3.63, 3.8) is 0 Å². The highest BCUT2D eigenvalue weighted by molar-refractivity contribution is 6.34. The van der Waals surface area contributed by atoms with E-state index >= 15 is 0 Å². The van der Waals surface area contributed by atoms with E-state index in [2.05, 4.69) is 25.6 Å². The highest BCUT2D eigenvalue weighted by Crippen LogP contribution is 2.19. The fourth-order valence-electron chi connectivity index (χ4n) is 1.97. The molecule has 0 aromatic carbocycles.